The van der Waals surface area contributed by atoms with Crippen LogP contribution < -0.4 is 10.6 Å². The fourth-order valence-electron chi connectivity index (χ4n) is 2.62. The SMILES string of the molecule is O=C(CSCc1ccc(C(=O)NCc2ccccc2)cc1)Nc1ccc(F)cc1. The number of hydrogen-bond donors (Lipinski definition) is 2. The smallest absolute Gasteiger partial charge is 0.251 e. The number of rotatable bonds is 8. The van der Waals surface area contributed by atoms with Crippen LogP contribution in [0.4, 0.5) is 10.1 Å². The lowest BCUT2D eigenvalue weighted by Gasteiger charge is -2.07. The Morgan fingerprint density at radius 2 is 1.52 bits per heavy atom. The van der Waals surface area contributed by atoms with Crippen molar-refractivity contribution in [2.75, 3.05) is 11.1 Å². The normalized spacial score (nSPS) is 10.4. The van der Waals surface area contributed by atoms with Gasteiger partial charge < -0.3 is 10.6 Å². The first kappa shape index (κ1) is 20.6. The Morgan fingerprint density at radius 3 is 2.21 bits per heavy atom. The van der Waals surface area contributed by atoms with Gasteiger partial charge in [0.05, 0.1) is 5.75 Å². The van der Waals surface area contributed by atoms with E-state index in [9.17, 15) is 14.0 Å². The van der Waals surface area contributed by atoms with E-state index in [1.165, 1.54) is 36.0 Å². The summed E-state index contributed by atoms with van der Waals surface area (Å²) < 4.78 is 12.9. The molecule has 0 bridgehead atoms. The van der Waals surface area contributed by atoms with Crippen LogP contribution >= 0.6 is 11.8 Å². The minimum atomic E-state index is -0.338. The number of benzene rings is 3. The van der Waals surface area contributed by atoms with Gasteiger partial charge in [0.15, 0.2) is 0 Å². The highest BCUT2D eigenvalue weighted by atomic mass is 32.2. The van der Waals surface area contributed by atoms with Gasteiger partial charge in [-0.3, -0.25) is 9.59 Å². The van der Waals surface area contributed by atoms with Crippen molar-refractivity contribution in [3.63, 3.8) is 0 Å². The summed E-state index contributed by atoms with van der Waals surface area (Å²) >= 11 is 1.47. The van der Waals surface area contributed by atoms with Gasteiger partial charge in [-0.2, -0.15) is 0 Å². The van der Waals surface area contributed by atoms with Crippen LogP contribution in [-0.4, -0.2) is 17.6 Å². The van der Waals surface area contributed by atoms with Gasteiger partial charge in [-0.15, -0.1) is 11.8 Å². The van der Waals surface area contributed by atoms with Crippen LogP contribution in [0.2, 0.25) is 0 Å². The van der Waals surface area contributed by atoms with Gasteiger partial charge in [0.25, 0.3) is 5.91 Å². The molecule has 0 atom stereocenters. The molecule has 0 aromatic heterocycles. The second-order valence-corrected chi connectivity index (χ2v) is 7.40. The van der Waals surface area contributed by atoms with Crippen LogP contribution in [0.1, 0.15) is 21.5 Å². The zero-order chi connectivity index (χ0) is 20.5. The van der Waals surface area contributed by atoms with E-state index in [4.69, 9.17) is 0 Å². The Balaban J connectivity index is 1.41. The fourth-order valence-corrected chi connectivity index (χ4v) is 3.41. The first-order chi connectivity index (χ1) is 14.1. The lowest BCUT2D eigenvalue weighted by Crippen LogP contribution is -2.22. The number of carbonyl (C=O) groups is 2. The van der Waals surface area contributed by atoms with E-state index < -0.39 is 0 Å². The molecule has 0 saturated carbocycles. The van der Waals surface area contributed by atoms with Gasteiger partial charge in [-0.25, -0.2) is 4.39 Å². The number of halogens is 1. The summed E-state index contributed by atoms with van der Waals surface area (Å²) in [5.74, 6) is 0.346. The van der Waals surface area contributed by atoms with Crippen LogP contribution in [0.5, 0.6) is 0 Å². The Hall–Kier alpha value is -3.12. The van der Waals surface area contributed by atoms with Crippen LogP contribution in [0.15, 0.2) is 78.9 Å². The number of hydrogen-bond acceptors (Lipinski definition) is 3. The molecule has 6 heteroatoms. The van der Waals surface area contributed by atoms with Gasteiger partial charge in [0.2, 0.25) is 5.91 Å². The van der Waals surface area contributed by atoms with Crippen LogP contribution in [0.3, 0.4) is 0 Å². The van der Waals surface area contributed by atoms with E-state index >= 15 is 0 Å². The summed E-state index contributed by atoms with van der Waals surface area (Å²) in [5, 5.41) is 5.63. The van der Waals surface area contributed by atoms with Crippen molar-refractivity contribution in [2.24, 2.45) is 0 Å². The van der Waals surface area contributed by atoms with Crippen molar-refractivity contribution in [3.05, 3.63) is 101 Å². The maximum atomic E-state index is 12.9. The molecule has 0 radical (unpaired) electrons. The summed E-state index contributed by atoms with van der Waals surface area (Å²) in [7, 11) is 0. The van der Waals surface area contributed by atoms with Crippen LogP contribution in [0.25, 0.3) is 0 Å². The molecule has 0 aliphatic rings. The van der Waals surface area contributed by atoms with E-state index in [1.807, 2.05) is 42.5 Å². The third-order valence-electron chi connectivity index (χ3n) is 4.14. The highest BCUT2D eigenvalue weighted by Crippen LogP contribution is 2.15. The molecule has 0 fully saturated rings. The van der Waals surface area contributed by atoms with E-state index in [0.29, 0.717) is 23.5 Å². The van der Waals surface area contributed by atoms with Gasteiger partial charge in [0, 0.05) is 23.5 Å². The minimum Gasteiger partial charge on any atom is -0.348 e. The number of thioether (sulfide) groups is 1. The molecule has 3 aromatic rings. The summed E-state index contributed by atoms with van der Waals surface area (Å²) in [6.07, 6.45) is 0. The molecule has 2 amide bonds. The molecule has 0 unspecified atom stereocenters. The van der Waals surface area contributed by atoms with Crippen LogP contribution in [-0.2, 0) is 17.1 Å². The third-order valence-corrected chi connectivity index (χ3v) is 5.15. The molecule has 29 heavy (non-hydrogen) atoms. The third kappa shape index (κ3) is 6.76. The second-order valence-electron chi connectivity index (χ2n) is 6.41. The molecule has 148 valence electrons. The van der Waals surface area contributed by atoms with E-state index in [1.54, 1.807) is 12.1 Å². The largest absolute Gasteiger partial charge is 0.348 e. The van der Waals surface area contributed by atoms with Crippen molar-refractivity contribution < 1.29 is 14.0 Å². The Kier molecular flexibility index (Phi) is 7.41. The molecular formula is C23H21FN2O2S. The monoisotopic (exact) mass is 408 g/mol. The van der Waals surface area contributed by atoms with Crippen molar-refractivity contribution >= 4 is 29.3 Å². The first-order valence-corrected chi connectivity index (χ1v) is 10.3. The molecule has 0 heterocycles. The summed E-state index contributed by atoms with van der Waals surface area (Å²) in [6.45, 7) is 0.487. The predicted octanol–water partition coefficient (Wildman–Crippen LogP) is 4.63. The van der Waals surface area contributed by atoms with Crippen molar-refractivity contribution in [3.8, 4) is 0 Å². The van der Waals surface area contributed by atoms with E-state index in [0.717, 1.165) is 11.1 Å². The molecule has 3 aromatic carbocycles. The number of amides is 2. The quantitative estimate of drug-likeness (QED) is 0.571. The average Bonchev–Trinajstić information content (AvgIpc) is 2.75. The predicted molar refractivity (Wildman–Crippen MR) is 115 cm³/mol. The number of anilines is 1. The molecule has 0 aliphatic heterocycles. The molecule has 4 nitrogen and oxygen atoms in total. The number of nitrogens with one attached hydrogen (secondary N) is 2. The van der Waals surface area contributed by atoms with E-state index in [2.05, 4.69) is 10.6 Å². The first-order valence-electron chi connectivity index (χ1n) is 9.14. The summed E-state index contributed by atoms with van der Waals surface area (Å²) in [6, 6.07) is 22.8. The van der Waals surface area contributed by atoms with Gasteiger partial charge >= 0.3 is 0 Å². The van der Waals surface area contributed by atoms with Gasteiger partial charge in [-0.05, 0) is 47.5 Å². The summed E-state index contributed by atoms with van der Waals surface area (Å²) in [4.78, 5) is 24.2. The zero-order valence-electron chi connectivity index (χ0n) is 15.7. The lowest BCUT2D eigenvalue weighted by atomic mass is 10.1. The molecule has 0 spiro atoms. The Bertz CT molecular complexity index is 945. The molecular weight excluding hydrogens is 387 g/mol. The average molecular weight is 408 g/mol. The van der Waals surface area contributed by atoms with Crippen molar-refractivity contribution in [1.82, 2.24) is 5.32 Å². The van der Waals surface area contributed by atoms with Crippen LogP contribution in [0, 0.1) is 5.82 Å². The van der Waals surface area contributed by atoms with Gasteiger partial charge in [-0.1, -0.05) is 42.5 Å². The Labute approximate surface area is 173 Å². The maximum absolute atomic E-state index is 12.9. The van der Waals surface area contributed by atoms with Crippen molar-refractivity contribution in [2.45, 2.75) is 12.3 Å². The lowest BCUT2D eigenvalue weighted by molar-refractivity contribution is -0.113. The van der Waals surface area contributed by atoms with Crippen molar-refractivity contribution in [1.29, 1.82) is 0 Å². The Morgan fingerprint density at radius 1 is 0.828 bits per heavy atom. The fraction of sp³-hybridized carbons (Fsp3) is 0.130. The highest BCUT2D eigenvalue weighted by molar-refractivity contribution is 7.99. The van der Waals surface area contributed by atoms with E-state index in [-0.39, 0.29) is 23.4 Å². The minimum absolute atomic E-state index is 0.119. The second kappa shape index (κ2) is 10.4. The molecule has 0 saturated heterocycles. The maximum Gasteiger partial charge on any atom is 0.251 e. The van der Waals surface area contributed by atoms with Gasteiger partial charge in [0.1, 0.15) is 5.82 Å². The number of carbonyl (C=O) groups excluding carboxylic acids is 2. The summed E-state index contributed by atoms with van der Waals surface area (Å²) in [5.41, 5.74) is 3.25. The molecule has 2 N–H and O–H groups in total. The highest BCUT2D eigenvalue weighted by Gasteiger charge is 2.07. The molecule has 3 rings (SSSR count). The molecule has 0 aliphatic carbocycles. The zero-order valence-corrected chi connectivity index (χ0v) is 16.5. The topological polar surface area (TPSA) is 58.2 Å². The standard InChI is InChI=1S/C23H21FN2O2S/c24-20-10-12-21(13-11-20)26-22(27)16-29-15-18-6-8-19(9-7-18)23(28)25-14-17-4-2-1-3-5-17/h1-13H,14-16H2,(H,25,28)(H,26,27).